The van der Waals surface area contributed by atoms with Gasteiger partial charge in [-0.15, -0.1) is 0 Å². The van der Waals surface area contributed by atoms with Crippen LogP contribution in [0.2, 0.25) is 0 Å². The molecule has 108 valence electrons. The molecule has 0 fully saturated rings. The number of nitrogens with zero attached hydrogens (tertiary/aromatic N) is 2. The van der Waals surface area contributed by atoms with Gasteiger partial charge in [0, 0.05) is 19.2 Å². The summed E-state index contributed by atoms with van der Waals surface area (Å²) in [5.74, 6) is 1.79. The van der Waals surface area contributed by atoms with Gasteiger partial charge >= 0.3 is 0 Å². The van der Waals surface area contributed by atoms with Gasteiger partial charge in [-0.05, 0) is 30.2 Å². The molecule has 0 saturated heterocycles. The van der Waals surface area contributed by atoms with E-state index >= 15 is 0 Å². The third-order valence-electron chi connectivity index (χ3n) is 3.88. The van der Waals surface area contributed by atoms with Gasteiger partial charge in [-0.25, -0.2) is 4.98 Å². The molecule has 4 nitrogen and oxygen atoms in total. The average molecular weight is 281 g/mol. The third kappa shape index (κ3) is 2.17. The van der Waals surface area contributed by atoms with Gasteiger partial charge < -0.3 is 15.0 Å². The fourth-order valence-electron chi connectivity index (χ4n) is 2.65. The summed E-state index contributed by atoms with van der Waals surface area (Å²) >= 11 is 0. The number of aromatic nitrogens is 2. The highest BCUT2D eigenvalue weighted by atomic mass is 16.5. The first-order valence-electron chi connectivity index (χ1n) is 6.95. The summed E-state index contributed by atoms with van der Waals surface area (Å²) in [6.45, 7) is 2.52. The van der Waals surface area contributed by atoms with Crippen LogP contribution in [-0.2, 0) is 13.6 Å². The topological polar surface area (TPSA) is 53.1 Å². The van der Waals surface area contributed by atoms with Crippen molar-refractivity contribution in [1.82, 2.24) is 9.55 Å². The number of aryl methyl sites for hydroxylation is 2. The Morgan fingerprint density at radius 1 is 1.24 bits per heavy atom. The molecule has 0 radical (unpaired) electrons. The molecule has 0 saturated carbocycles. The van der Waals surface area contributed by atoms with Crippen LogP contribution in [0.5, 0.6) is 5.75 Å². The molecule has 3 rings (SSSR count). The van der Waals surface area contributed by atoms with Crippen LogP contribution in [0.15, 0.2) is 36.4 Å². The molecular weight excluding hydrogens is 262 g/mol. The van der Waals surface area contributed by atoms with E-state index in [1.165, 1.54) is 0 Å². The van der Waals surface area contributed by atoms with Crippen LogP contribution >= 0.6 is 0 Å². The molecule has 0 aliphatic heterocycles. The largest absolute Gasteiger partial charge is 0.496 e. The number of fused-ring (bicyclic) bond motifs is 1. The van der Waals surface area contributed by atoms with E-state index in [-0.39, 0.29) is 0 Å². The summed E-state index contributed by atoms with van der Waals surface area (Å²) in [4.78, 5) is 4.79. The molecule has 0 bridgehead atoms. The average Bonchev–Trinajstić information content (AvgIpc) is 2.85. The molecule has 1 aromatic heterocycles. The number of rotatable bonds is 3. The summed E-state index contributed by atoms with van der Waals surface area (Å²) in [5.41, 5.74) is 11.1. The molecule has 2 N–H and O–H groups in total. The molecule has 21 heavy (non-hydrogen) atoms. The van der Waals surface area contributed by atoms with Crippen molar-refractivity contribution < 1.29 is 4.74 Å². The van der Waals surface area contributed by atoms with Crippen LogP contribution in [0.3, 0.4) is 0 Å². The van der Waals surface area contributed by atoms with E-state index in [0.717, 1.165) is 39.3 Å². The van der Waals surface area contributed by atoms with Crippen molar-refractivity contribution in [2.75, 3.05) is 7.11 Å². The molecule has 4 heteroatoms. The number of ether oxygens (including phenoxy) is 1. The Morgan fingerprint density at radius 3 is 2.76 bits per heavy atom. The normalized spacial score (nSPS) is 11.0. The minimum atomic E-state index is 0.491. The Bertz CT molecular complexity index is 805. The Morgan fingerprint density at radius 2 is 2.05 bits per heavy atom. The van der Waals surface area contributed by atoms with Gasteiger partial charge in [0.2, 0.25) is 0 Å². The first-order chi connectivity index (χ1) is 10.2. The van der Waals surface area contributed by atoms with E-state index in [1.807, 2.05) is 32.2 Å². The van der Waals surface area contributed by atoms with E-state index in [2.05, 4.69) is 22.8 Å². The molecule has 0 atom stereocenters. The van der Waals surface area contributed by atoms with Crippen LogP contribution in [0.25, 0.3) is 22.4 Å². The van der Waals surface area contributed by atoms with E-state index in [4.69, 9.17) is 15.5 Å². The highest BCUT2D eigenvalue weighted by Gasteiger charge is 2.13. The number of imidazole rings is 1. The highest BCUT2D eigenvalue weighted by molar-refractivity contribution is 5.83. The lowest BCUT2D eigenvalue weighted by Crippen LogP contribution is -1.97. The zero-order valence-electron chi connectivity index (χ0n) is 12.6. The lowest BCUT2D eigenvalue weighted by atomic mass is 10.1. The third-order valence-corrected chi connectivity index (χ3v) is 3.88. The van der Waals surface area contributed by atoms with Gasteiger partial charge in [0.25, 0.3) is 0 Å². The maximum absolute atomic E-state index is 5.81. The second-order valence-electron chi connectivity index (χ2n) is 5.17. The van der Waals surface area contributed by atoms with Crippen molar-refractivity contribution in [3.8, 4) is 17.1 Å². The van der Waals surface area contributed by atoms with Gasteiger partial charge in [-0.1, -0.05) is 24.3 Å². The van der Waals surface area contributed by atoms with Crippen LogP contribution in [0.4, 0.5) is 0 Å². The summed E-state index contributed by atoms with van der Waals surface area (Å²) < 4.78 is 7.50. The smallest absolute Gasteiger partial charge is 0.141 e. The Balaban J connectivity index is 2.23. The first-order valence-corrected chi connectivity index (χ1v) is 6.95. The second-order valence-corrected chi connectivity index (χ2v) is 5.17. The predicted octanol–water partition coefficient (Wildman–Crippen LogP) is 3.02. The van der Waals surface area contributed by atoms with Crippen molar-refractivity contribution in [3.05, 3.63) is 47.5 Å². The molecule has 2 aromatic carbocycles. The monoisotopic (exact) mass is 281 g/mol. The number of para-hydroxylation sites is 1. The van der Waals surface area contributed by atoms with E-state index in [1.54, 1.807) is 7.11 Å². The molecule has 0 aliphatic carbocycles. The Labute approximate surface area is 124 Å². The summed E-state index contributed by atoms with van der Waals surface area (Å²) in [6, 6.07) is 12.3. The standard InChI is InChI=1S/C17H19N3O/c1-11-7-8-12(9-15(11)21-3)17-19-16-13(10-18)5-4-6-14(16)20(17)2/h4-9H,10,18H2,1-3H3. The number of hydrogen-bond donors (Lipinski definition) is 1. The Hall–Kier alpha value is -2.33. The molecular formula is C17H19N3O. The molecule has 3 aromatic rings. The molecule has 0 aliphatic rings. The predicted molar refractivity (Wildman–Crippen MR) is 85.3 cm³/mol. The highest BCUT2D eigenvalue weighted by Crippen LogP contribution is 2.29. The van der Waals surface area contributed by atoms with Gasteiger partial charge in [-0.3, -0.25) is 0 Å². The summed E-state index contributed by atoms with van der Waals surface area (Å²) in [5, 5.41) is 0. The van der Waals surface area contributed by atoms with E-state index < -0.39 is 0 Å². The SMILES string of the molecule is COc1cc(-c2nc3c(CN)cccc3n2C)ccc1C. The van der Waals surface area contributed by atoms with Crippen molar-refractivity contribution in [1.29, 1.82) is 0 Å². The number of benzene rings is 2. The summed E-state index contributed by atoms with van der Waals surface area (Å²) in [6.07, 6.45) is 0. The van der Waals surface area contributed by atoms with E-state index in [0.29, 0.717) is 6.54 Å². The zero-order chi connectivity index (χ0) is 15.0. The van der Waals surface area contributed by atoms with Crippen LogP contribution in [0.1, 0.15) is 11.1 Å². The first kappa shape index (κ1) is 13.6. The maximum atomic E-state index is 5.81. The van der Waals surface area contributed by atoms with Gasteiger partial charge in [-0.2, -0.15) is 0 Å². The lowest BCUT2D eigenvalue weighted by molar-refractivity contribution is 0.412. The number of hydrogen-bond acceptors (Lipinski definition) is 3. The molecule has 0 spiro atoms. The van der Waals surface area contributed by atoms with Crippen LogP contribution < -0.4 is 10.5 Å². The maximum Gasteiger partial charge on any atom is 0.141 e. The molecule has 0 unspecified atom stereocenters. The molecule has 1 heterocycles. The fourth-order valence-corrected chi connectivity index (χ4v) is 2.65. The van der Waals surface area contributed by atoms with Gasteiger partial charge in [0.15, 0.2) is 0 Å². The zero-order valence-corrected chi connectivity index (χ0v) is 12.6. The quantitative estimate of drug-likeness (QED) is 0.803. The van der Waals surface area contributed by atoms with Gasteiger partial charge in [0.1, 0.15) is 11.6 Å². The van der Waals surface area contributed by atoms with Crippen molar-refractivity contribution in [2.24, 2.45) is 12.8 Å². The van der Waals surface area contributed by atoms with E-state index in [9.17, 15) is 0 Å². The number of methoxy groups -OCH3 is 1. The minimum absolute atomic E-state index is 0.491. The fraction of sp³-hybridized carbons (Fsp3) is 0.235. The summed E-state index contributed by atoms with van der Waals surface area (Å²) in [7, 11) is 3.71. The van der Waals surface area contributed by atoms with Crippen molar-refractivity contribution in [3.63, 3.8) is 0 Å². The van der Waals surface area contributed by atoms with Crippen molar-refractivity contribution >= 4 is 11.0 Å². The van der Waals surface area contributed by atoms with Crippen molar-refractivity contribution in [2.45, 2.75) is 13.5 Å². The molecule has 0 amide bonds. The Kier molecular flexibility index (Phi) is 3.39. The second kappa shape index (κ2) is 5.22. The van der Waals surface area contributed by atoms with Crippen LogP contribution in [0, 0.1) is 6.92 Å². The lowest BCUT2D eigenvalue weighted by Gasteiger charge is -2.07. The van der Waals surface area contributed by atoms with Crippen LogP contribution in [-0.4, -0.2) is 16.7 Å². The minimum Gasteiger partial charge on any atom is -0.496 e. The number of nitrogens with two attached hydrogens (primary N) is 1. The van der Waals surface area contributed by atoms with Gasteiger partial charge in [0.05, 0.1) is 18.1 Å².